The molecular weight excluding hydrogens is 1040 g/mol. The molecule has 0 unspecified atom stereocenters. The van der Waals surface area contributed by atoms with Crippen molar-refractivity contribution in [3.8, 4) is 22.5 Å². The molecule has 0 atom stereocenters. The van der Waals surface area contributed by atoms with Crippen molar-refractivity contribution in [1.82, 2.24) is 35.3 Å². The van der Waals surface area contributed by atoms with Crippen LogP contribution in [0.4, 0.5) is 14.4 Å². The van der Waals surface area contributed by atoms with Gasteiger partial charge in [0.2, 0.25) is 5.91 Å². The van der Waals surface area contributed by atoms with Crippen molar-refractivity contribution in [2.75, 3.05) is 64.4 Å². The Morgan fingerprint density at radius 1 is 0.693 bits per heavy atom. The summed E-state index contributed by atoms with van der Waals surface area (Å²) in [6, 6.07) is 9.44. The Hall–Kier alpha value is -5.28. The van der Waals surface area contributed by atoms with Gasteiger partial charge in [0.1, 0.15) is 35.4 Å². The quantitative estimate of drug-likeness (QED) is 0.0821. The lowest BCUT2D eigenvalue weighted by Gasteiger charge is -2.32. The zero-order valence-corrected chi connectivity index (χ0v) is 47.6. The van der Waals surface area contributed by atoms with Crippen molar-refractivity contribution >= 4 is 71.1 Å². The number of piperidine rings is 3. The third kappa shape index (κ3) is 25.9. The molecule has 3 aliphatic heterocycles. The maximum absolute atomic E-state index is 11.8. The van der Waals surface area contributed by atoms with Gasteiger partial charge >= 0.3 is 30.3 Å². The van der Waals surface area contributed by atoms with E-state index in [9.17, 15) is 28.8 Å². The minimum atomic E-state index is -1.06. The van der Waals surface area contributed by atoms with Crippen LogP contribution in [0.5, 0.6) is 0 Å². The molecule has 5 heterocycles. The van der Waals surface area contributed by atoms with Crippen LogP contribution in [0.3, 0.4) is 0 Å². The van der Waals surface area contributed by atoms with E-state index in [1.807, 2.05) is 58.0 Å². The first-order chi connectivity index (χ1) is 35.3. The van der Waals surface area contributed by atoms with Gasteiger partial charge in [-0.25, -0.2) is 24.4 Å². The fraction of sp³-hybridized carbons (Fsp3) is 0.635. The average Bonchev–Trinajstić information content (AvgIpc) is 3.79. The minimum absolute atomic E-state index is 0.0194. The van der Waals surface area contributed by atoms with Crippen LogP contribution in [0.1, 0.15) is 126 Å². The minimum Gasteiger partial charge on any atom is -0.466 e. The highest BCUT2D eigenvalue weighted by atomic mass is 35.5. The molecule has 6 rings (SSSR count). The highest BCUT2D eigenvalue weighted by Gasteiger charge is 2.32. The third-order valence-corrected chi connectivity index (χ3v) is 11.1. The Kier molecular flexibility index (Phi) is 29.0. The number of ether oxygens (including phenoxy) is 6. The molecule has 3 aromatic rings. The Morgan fingerprint density at radius 3 is 1.61 bits per heavy atom. The van der Waals surface area contributed by atoms with Gasteiger partial charge in [-0.1, -0.05) is 23.7 Å². The van der Waals surface area contributed by atoms with E-state index >= 15 is 0 Å². The number of benzene rings is 1. The molecule has 3 N–H and O–H groups in total. The van der Waals surface area contributed by atoms with E-state index in [4.69, 9.17) is 63.6 Å². The summed E-state index contributed by atoms with van der Waals surface area (Å²) in [5.74, 6) is -0.0997. The molecule has 75 heavy (non-hydrogen) atoms. The Morgan fingerprint density at radius 2 is 1.17 bits per heavy atom. The lowest BCUT2D eigenvalue weighted by Crippen LogP contribution is -2.43. The summed E-state index contributed by atoms with van der Waals surface area (Å²) in [6.45, 7) is 23.9. The van der Waals surface area contributed by atoms with Gasteiger partial charge in [0.15, 0.2) is 0 Å². The molecule has 1 aromatic carbocycles. The van der Waals surface area contributed by atoms with Gasteiger partial charge in [-0.3, -0.25) is 19.5 Å². The van der Waals surface area contributed by atoms with Gasteiger partial charge in [0.25, 0.3) is 0 Å². The van der Waals surface area contributed by atoms with Crippen LogP contribution in [-0.2, 0) is 42.8 Å². The fourth-order valence-electron chi connectivity index (χ4n) is 7.49. The number of aliphatic hydroxyl groups excluding tert-OH is 1. The summed E-state index contributed by atoms with van der Waals surface area (Å²) >= 11 is 15.6. The Bertz CT molecular complexity index is 2170. The highest BCUT2D eigenvalue weighted by molar-refractivity contribution is 6.40. The van der Waals surface area contributed by atoms with Crippen molar-refractivity contribution < 1.29 is 62.3 Å². The predicted octanol–water partition coefficient (Wildman–Crippen LogP) is 9.93. The van der Waals surface area contributed by atoms with E-state index in [-0.39, 0.29) is 47.0 Å². The van der Waals surface area contributed by atoms with Gasteiger partial charge in [0.05, 0.1) is 36.1 Å². The normalized spacial score (nSPS) is 15.3. The number of nitrogens with one attached hydrogen (secondary N) is 2. The molecule has 2 amide bonds. The van der Waals surface area contributed by atoms with Crippen LogP contribution in [0, 0.1) is 11.8 Å². The molecule has 2 aromatic heterocycles. The van der Waals surface area contributed by atoms with Crippen LogP contribution in [0.25, 0.3) is 22.5 Å². The molecule has 3 aliphatic rings. The number of aliphatic hydroxyl groups is 1. The number of alkyl halides is 2. The summed E-state index contributed by atoms with van der Waals surface area (Å²) in [5.41, 5.74) is 2.68. The van der Waals surface area contributed by atoms with E-state index in [0.29, 0.717) is 57.3 Å². The summed E-state index contributed by atoms with van der Waals surface area (Å²) in [5, 5.41) is 21.0. The number of aromatic nitrogens is 4. The number of amides is 2. The molecule has 420 valence electrons. The monoisotopic (exact) mass is 1110 g/mol. The third-order valence-electron chi connectivity index (χ3n) is 10.8. The number of rotatable bonds is 8. The SMILES string of the molecule is CC(C)(C)OC(=O)OC(=O)OC(C)(C)C.CCOC(=O)C1CCN(C(=O)OC(C)(C)C)CC1.CCOC(=O)C1CCNCC1.ClCCl.O=C(CO)N1CCC(c2[nH]nc(-c3ccc(Cl)cc3)c2-c2ccncn2)CC1. The number of hydrogen-bond acceptors (Lipinski definition) is 17. The van der Waals surface area contributed by atoms with E-state index in [0.717, 1.165) is 67.0 Å². The first-order valence-electron chi connectivity index (χ1n) is 25.0. The van der Waals surface area contributed by atoms with E-state index in [1.165, 1.54) is 6.33 Å². The van der Waals surface area contributed by atoms with Crippen molar-refractivity contribution in [2.24, 2.45) is 11.8 Å². The fourth-order valence-corrected chi connectivity index (χ4v) is 7.62. The molecule has 0 bridgehead atoms. The van der Waals surface area contributed by atoms with Crippen LogP contribution >= 0.6 is 34.8 Å². The molecule has 20 nitrogen and oxygen atoms in total. The Balaban J connectivity index is 0.000000357. The number of carbonyl (C=O) groups is 6. The number of hydrogen-bond donors (Lipinski definition) is 3. The van der Waals surface area contributed by atoms with Gasteiger partial charge < -0.3 is 48.6 Å². The number of esters is 2. The number of halogens is 3. The van der Waals surface area contributed by atoms with Crippen LogP contribution in [-0.4, -0.2) is 153 Å². The topological polar surface area (TPSA) is 251 Å². The van der Waals surface area contributed by atoms with E-state index < -0.39 is 35.7 Å². The summed E-state index contributed by atoms with van der Waals surface area (Å²) in [6.07, 6.45) is 5.58. The number of aromatic amines is 1. The summed E-state index contributed by atoms with van der Waals surface area (Å²) in [4.78, 5) is 80.1. The summed E-state index contributed by atoms with van der Waals surface area (Å²) < 4.78 is 29.0. The highest BCUT2D eigenvalue weighted by Crippen LogP contribution is 2.39. The molecule has 0 spiro atoms. The van der Waals surface area contributed by atoms with Gasteiger partial charge in [-0.15, -0.1) is 23.2 Å². The van der Waals surface area contributed by atoms with Crippen molar-refractivity contribution in [3.63, 3.8) is 0 Å². The second kappa shape index (κ2) is 33.0. The first kappa shape index (κ1) is 65.8. The Labute approximate surface area is 456 Å². The van der Waals surface area contributed by atoms with E-state index in [1.54, 1.807) is 64.5 Å². The molecule has 23 heteroatoms. The molecule has 0 saturated carbocycles. The van der Waals surface area contributed by atoms with Crippen LogP contribution in [0.15, 0.2) is 42.9 Å². The van der Waals surface area contributed by atoms with Crippen LogP contribution in [0.2, 0.25) is 5.02 Å². The largest absolute Gasteiger partial charge is 0.519 e. The molecular formula is C52H78Cl3N7O13. The van der Waals surface area contributed by atoms with Gasteiger partial charge in [0, 0.05) is 60.1 Å². The molecule has 0 aliphatic carbocycles. The lowest BCUT2D eigenvalue weighted by molar-refractivity contribution is -0.150. The predicted molar refractivity (Wildman–Crippen MR) is 285 cm³/mol. The second-order valence-corrected chi connectivity index (χ2v) is 21.4. The second-order valence-electron chi connectivity index (χ2n) is 20.2. The van der Waals surface area contributed by atoms with Crippen LogP contribution < -0.4 is 5.32 Å². The lowest BCUT2D eigenvalue weighted by atomic mass is 9.89. The van der Waals surface area contributed by atoms with Gasteiger partial charge in [-0.05, 0) is 146 Å². The summed E-state index contributed by atoms with van der Waals surface area (Å²) in [7, 11) is 0. The number of carbonyl (C=O) groups excluding carboxylic acids is 6. The molecule has 3 saturated heterocycles. The number of nitrogens with zero attached hydrogens (tertiary/aromatic N) is 5. The first-order valence-corrected chi connectivity index (χ1v) is 26.5. The maximum atomic E-state index is 11.8. The molecule has 0 radical (unpaired) electrons. The van der Waals surface area contributed by atoms with Crippen molar-refractivity contribution in [1.29, 1.82) is 0 Å². The zero-order chi connectivity index (χ0) is 56.4. The molecule has 3 fully saturated rings. The number of H-pyrrole nitrogens is 1. The van der Waals surface area contributed by atoms with E-state index in [2.05, 4.69) is 30.2 Å². The smallest absolute Gasteiger partial charge is 0.466 e. The average molecular weight is 1120 g/mol. The zero-order valence-electron chi connectivity index (χ0n) is 45.3. The number of likely N-dealkylation sites (tertiary alicyclic amines) is 2. The van der Waals surface area contributed by atoms with Crippen molar-refractivity contribution in [2.45, 2.75) is 137 Å². The maximum Gasteiger partial charge on any atom is 0.519 e. The van der Waals surface area contributed by atoms with Gasteiger partial charge in [-0.2, -0.15) is 5.10 Å². The van der Waals surface area contributed by atoms with Crippen molar-refractivity contribution in [3.05, 3.63) is 53.6 Å². The standard InChI is InChI=1S/C20H20ClN5O2.C13H23NO4.C10H18O5.C8H15NO2.CH2Cl2/c21-15-3-1-13(2-4-15)19-18(16-5-8-22-12-23-16)20(25-24-19)14-6-9-26(10-7-14)17(28)11-27;1-5-17-11(15)10-6-8-14(9-7-10)12(16)18-13(2,3)4;1-9(2,3)14-7(11)13-8(12)15-10(4,5)6;1-2-11-8(10)7-3-5-9-6-4-7;2-1-3/h1-5,8,12,14,27H,6-7,9-11H2,(H,24,25);10H,5-9H2,1-4H3;1-6H3;7,9H,2-6H2,1H3;1H2.